The van der Waals surface area contributed by atoms with Gasteiger partial charge in [-0.3, -0.25) is 0 Å². The van der Waals surface area contributed by atoms with Gasteiger partial charge in [0.1, 0.15) is 0 Å². The van der Waals surface area contributed by atoms with Gasteiger partial charge in [-0.15, -0.1) is 5.92 Å². The second-order valence-electron chi connectivity index (χ2n) is 3.08. The van der Waals surface area contributed by atoms with E-state index in [-0.39, 0.29) is 11.5 Å². The van der Waals surface area contributed by atoms with Gasteiger partial charge in [0.15, 0.2) is 0 Å². The van der Waals surface area contributed by atoms with Crippen LogP contribution in [0, 0.1) is 17.3 Å². The van der Waals surface area contributed by atoms with Crippen LogP contribution in [0.15, 0.2) is 0 Å². The van der Waals surface area contributed by atoms with Crippen LogP contribution in [0.3, 0.4) is 0 Å². The first kappa shape index (κ1) is 6.64. The molecule has 1 N–H and O–H groups in total. The summed E-state index contributed by atoms with van der Waals surface area (Å²) < 4.78 is 0. The molecule has 1 atom stereocenters. The Balaban J connectivity index is 2.76. The van der Waals surface area contributed by atoms with E-state index in [0.29, 0.717) is 0 Å². The molecule has 1 heteroatoms. The Bertz CT molecular complexity index is 159. The normalized spacial score (nSPS) is 30.8. The highest BCUT2D eigenvalue weighted by Gasteiger charge is 2.26. The second-order valence-corrected chi connectivity index (χ2v) is 3.08. The molecule has 0 fully saturated rings. The lowest BCUT2D eigenvalue weighted by molar-refractivity contribution is 0.0773. The summed E-state index contributed by atoms with van der Waals surface area (Å²) in [5, 5.41) is 9.33. The van der Waals surface area contributed by atoms with Crippen molar-refractivity contribution in [3.63, 3.8) is 0 Å². The molecular formula is C8H12O. The van der Waals surface area contributed by atoms with Crippen LogP contribution in [0.4, 0.5) is 0 Å². The third kappa shape index (κ3) is 1.25. The first-order valence-corrected chi connectivity index (χ1v) is 3.31. The average molecular weight is 124 g/mol. The van der Waals surface area contributed by atoms with Crippen molar-refractivity contribution in [2.45, 2.75) is 32.8 Å². The standard InChI is InChI=1S/C8H12O/c1-8(2)6-4-3-5-7(8)9/h7,9H,3,5H2,1-2H3. The van der Waals surface area contributed by atoms with Gasteiger partial charge in [-0.05, 0) is 20.3 Å². The van der Waals surface area contributed by atoms with E-state index in [0.717, 1.165) is 12.8 Å². The number of hydrogen-bond donors (Lipinski definition) is 1. The Morgan fingerprint density at radius 2 is 2.22 bits per heavy atom. The quantitative estimate of drug-likeness (QED) is 0.481. The Labute approximate surface area is 56.1 Å². The number of hydrogen-bond acceptors (Lipinski definition) is 1. The molecule has 9 heavy (non-hydrogen) atoms. The molecule has 1 nitrogen and oxygen atoms in total. The minimum atomic E-state index is -0.223. The summed E-state index contributed by atoms with van der Waals surface area (Å²) in [5.41, 5.74) is -0.168. The lowest BCUT2D eigenvalue weighted by Crippen LogP contribution is -2.29. The van der Waals surface area contributed by atoms with E-state index in [1.165, 1.54) is 0 Å². The van der Waals surface area contributed by atoms with E-state index in [9.17, 15) is 5.11 Å². The summed E-state index contributed by atoms with van der Waals surface area (Å²) in [6, 6.07) is 0. The zero-order valence-electron chi connectivity index (χ0n) is 5.94. The molecule has 0 aromatic heterocycles. The smallest absolute Gasteiger partial charge is 0.0709 e. The molecule has 0 bridgehead atoms. The van der Waals surface area contributed by atoms with Crippen molar-refractivity contribution in [3.8, 4) is 11.8 Å². The molecule has 1 rings (SSSR count). The van der Waals surface area contributed by atoms with Crippen molar-refractivity contribution in [1.29, 1.82) is 0 Å². The minimum absolute atomic E-state index is 0.168. The topological polar surface area (TPSA) is 20.2 Å². The monoisotopic (exact) mass is 124 g/mol. The highest BCUT2D eigenvalue weighted by molar-refractivity contribution is 5.15. The van der Waals surface area contributed by atoms with Gasteiger partial charge in [0.05, 0.1) is 11.5 Å². The molecule has 50 valence electrons. The molecule has 0 radical (unpaired) electrons. The van der Waals surface area contributed by atoms with Crippen LogP contribution in [-0.4, -0.2) is 11.2 Å². The maximum atomic E-state index is 9.33. The largest absolute Gasteiger partial charge is 0.392 e. The third-order valence-corrected chi connectivity index (χ3v) is 1.79. The molecular weight excluding hydrogens is 112 g/mol. The molecule has 0 aliphatic heterocycles. The first-order chi connectivity index (χ1) is 4.13. The molecule has 0 aromatic carbocycles. The maximum absolute atomic E-state index is 9.33. The molecule has 0 spiro atoms. The summed E-state index contributed by atoms with van der Waals surface area (Å²) in [6.45, 7) is 3.95. The average Bonchev–Trinajstić information content (AvgIpc) is 1.77. The SMILES string of the molecule is CC1(C)C#CCCC1O. The van der Waals surface area contributed by atoms with E-state index in [1.807, 2.05) is 13.8 Å². The van der Waals surface area contributed by atoms with Crippen molar-refractivity contribution in [2.24, 2.45) is 5.41 Å². The Kier molecular flexibility index (Phi) is 1.50. The van der Waals surface area contributed by atoms with Gasteiger partial charge in [-0.25, -0.2) is 0 Å². The van der Waals surface area contributed by atoms with Crippen LogP contribution in [0.1, 0.15) is 26.7 Å². The lowest BCUT2D eigenvalue weighted by atomic mass is 9.82. The first-order valence-electron chi connectivity index (χ1n) is 3.31. The van der Waals surface area contributed by atoms with Crippen LogP contribution >= 0.6 is 0 Å². The van der Waals surface area contributed by atoms with Crippen molar-refractivity contribution in [2.75, 3.05) is 0 Å². The summed E-state index contributed by atoms with van der Waals surface area (Å²) in [4.78, 5) is 0. The zero-order valence-corrected chi connectivity index (χ0v) is 5.94. The summed E-state index contributed by atoms with van der Waals surface area (Å²) in [6.07, 6.45) is 1.46. The molecule has 0 amide bonds. The van der Waals surface area contributed by atoms with E-state index in [4.69, 9.17) is 0 Å². The molecule has 1 aliphatic rings. The highest BCUT2D eigenvalue weighted by atomic mass is 16.3. The van der Waals surface area contributed by atoms with E-state index in [1.54, 1.807) is 0 Å². The van der Waals surface area contributed by atoms with Crippen LogP contribution in [-0.2, 0) is 0 Å². The summed E-state index contributed by atoms with van der Waals surface area (Å²) >= 11 is 0. The summed E-state index contributed by atoms with van der Waals surface area (Å²) in [5.74, 6) is 6.00. The predicted molar refractivity (Wildman–Crippen MR) is 36.8 cm³/mol. The van der Waals surface area contributed by atoms with E-state index in [2.05, 4.69) is 11.8 Å². The van der Waals surface area contributed by atoms with Crippen LogP contribution < -0.4 is 0 Å². The molecule has 0 heterocycles. The molecule has 1 unspecified atom stereocenters. The molecule has 0 saturated carbocycles. The van der Waals surface area contributed by atoms with Crippen molar-refractivity contribution in [3.05, 3.63) is 0 Å². The van der Waals surface area contributed by atoms with Crippen LogP contribution in [0.5, 0.6) is 0 Å². The fraction of sp³-hybridized carbons (Fsp3) is 0.750. The Morgan fingerprint density at radius 1 is 1.56 bits per heavy atom. The molecule has 0 saturated heterocycles. The highest BCUT2D eigenvalue weighted by Crippen LogP contribution is 2.25. The van der Waals surface area contributed by atoms with E-state index >= 15 is 0 Å². The molecule has 1 aliphatic carbocycles. The van der Waals surface area contributed by atoms with Crippen molar-refractivity contribution >= 4 is 0 Å². The maximum Gasteiger partial charge on any atom is 0.0709 e. The predicted octanol–water partition coefficient (Wildman–Crippen LogP) is 1.17. The van der Waals surface area contributed by atoms with Gasteiger partial charge < -0.3 is 5.11 Å². The number of aliphatic hydroxyl groups excluding tert-OH is 1. The number of rotatable bonds is 0. The fourth-order valence-electron chi connectivity index (χ4n) is 0.943. The third-order valence-electron chi connectivity index (χ3n) is 1.79. The lowest BCUT2D eigenvalue weighted by Gasteiger charge is -2.26. The Hall–Kier alpha value is -0.480. The van der Waals surface area contributed by atoms with Crippen LogP contribution in [0.2, 0.25) is 0 Å². The van der Waals surface area contributed by atoms with Gasteiger partial charge in [-0.2, -0.15) is 0 Å². The van der Waals surface area contributed by atoms with Gasteiger partial charge >= 0.3 is 0 Å². The van der Waals surface area contributed by atoms with Gasteiger partial charge in [-0.1, -0.05) is 5.92 Å². The zero-order chi connectivity index (χ0) is 6.91. The van der Waals surface area contributed by atoms with Gasteiger partial charge in [0.2, 0.25) is 0 Å². The summed E-state index contributed by atoms with van der Waals surface area (Å²) in [7, 11) is 0. The molecule has 0 aromatic rings. The van der Waals surface area contributed by atoms with Gasteiger partial charge in [0.25, 0.3) is 0 Å². The number of aliphatic hydroxyl groups is 1. The van der Waals surface area contributed by atoms with Crippen LogP contribution in [0.25, 0.3) is 0 Å². The second kappa shape index (κ2) is 2.04. The minimum Gasteiger partial charge on any atom is -0.392 e. The van der Waals surface area contributed by atoms with Crippen molar-refractivity contribution < 1.29 is 5.11 Å². The van der Waals surface area contributed by atoms with Crippen molar-refractivity contribution in [1.82, 2.24) is 0 Å². The fourth-order valence-corrected chi connectivity index (χ4v) is 0.943. The Morgan fingerprint density at radius 3 is 2.56 bits per heavy atom. The van der Waals surface area contributed by atoms with Gasteiger partial charge in [0, 0.05) is 6.42 Å². The van der Waals surface area contributed by atoms with E-state index < -0.39 is 0 Å².